The monoisotopic (exact) mass is 334 g/mol. The van der Waals surface area contributed by atoms with Crippen LogP contribution in [0.5, 0.6) is 5.88 Å². The maximum Gasteiger partial charge on any atom is 0.344 e. The van der Waals surface area contributed by atoms with Crippen LogP contribution in [0.4, 0.5) is 0 Å². The third kappa shape index (κ3) is 4.62. The van der Waals surface area contributed by atoms with E-state index in [1.54, 1.807) is 30.3 Å². The third-order valence-electron chi connectivity index (χ3n) is 2.79. The van der Waals surface area contributed by atoms with Crippen LogP contribution >= 0.6 is 0 Å². The lowest BCUT2D eigenvalue weighted by Gasteiger charge is -2.08. The van der Waals surface area contributed by atoms with Gasteiger partial charge in [-0.25, -0.2) is 22.9 Å². The molecule has 0 bridgehead atoms. The van der Waals surface area contributed by atoms with Gasteiger partial charge in [0.1, 0.15) is 0 Å². The Labute approximate surface area is 133 Å². The van der Waals surface area contributed by atoms with Crippen LogP contribution in [0, 0.1) is 6.92 Å². The average Bonchev–Trinajstić information content (AvgIpc) is 2.46. The van der Waals surface area contributed by atoms with Crippen molar-refractivity contribution in [3.63, 3.8) is 0 Å². The number of pyridine rings is 1. The van der Waals surface area contributed by atoms with E-state index in [1.165, 1.54) is 19.1 Å². The van der Waals surface area contributed by atoms with Gasteiger partial charge in [-0.1, -0.05) is 18.2 Å². The van der Waals surface area contributed by atoms with E-state index in [4.69, 9.17) is 4.74 Å². The molecule has 0 aliphatic carbocycles. The van der Waals surface area contributed by atoms with Crippen molar-refractivity contribution in [1.82, 2.24) is 9.71 Å². The van der Waals surface area contributed by atoms with Crippen molar-refractivity contribution in [3.05, 3.63) is 59.3 Å². The van der Waals surface area contributed by atoms with Gasteiger partial charge in [0, 0.05) is 6.07 Å². The smallest absolute Gasteiger partial charge is 0.344 e. The van der Waals surface area contributed by atoms with Crippen LogP contribution in [-0.4, -0.2) is 31.5 Å². The highest BCUT2D eigenvalue weighted by Gasteiger charge is 2.16. The summed E-state index contributed by atoms with van der Waals surface area (Å²) in [6.45, 7) is 1.51. The summed E-state index contributed by atoms with van der Waals surface area (Å²) < 4.78 is 29.1. The average molecular weight is 334 g/mol. The van der Waals surface area contributed by atoms with Gasteiger partial charge in [-0.15, -0.1) is 0 Å². The summed E-state index contributed by atoms with van der Waals surface area (Å²) in [5.74, 6) is -1.35. The predicted molar refractivity (Wildman–Crippen MR) is 82.7 cm³/mol. The van der Waals surface area contributed by atoms with E-state index in [0.717, 1.165) is 6.26 Å². The van der Waals surface area contributed by atoms with Crippen LogP contribution in [0.1, 0.15) is 26.4 Å². The van der Waals surface area contributed by atoms with E-state index in [0.29, 0.717) is 5.56 Å². The van der Waals surface area contributed by atoms with E-state index < -0.39 is 21.9 Å². The molecule has 1 aromatic heterocycles. The van der Waals surface area contributed by atoms with Crippen molar-refractivity contribution in [2.45, 2.75) is 6.92 Å². The number of amides is 1. The van der Waals surface area contributed by atoms with E-state index >= 15 is 0 Å². The molecule has 1 aromatic carbocycles. The highest BCUT2D eigenvalue weighted by atomic mass is 32.2. The SMILES string of the molecule is Cc1nc(OC(=O)c2ccccc2)ccc1C(=O)NS(C)(=O)=O. The highest BCUT2D eigenvalue weighted by Crippen LogP contribution is 2.14. The summed E-state index contributed by atoms with van der Waals surface area (Å²) in [6.07, 6.45) is 0.879. The Balaban J connectivity index is 2.16. The van der Waals surface area contributed by atoms with Crippen LogP contribution in [0.25, 0.3) is 0 Å². The molecular formula is C15H14N2O5S. The number of sulfonamides is 1. The van der Waals surface area contributed by atoms with Gasteiger partial charge >= 0.3 is 5.97 Å². The molecule has 0 spiro atoms. The predicted octanol–water partition coefficient (Wildman–Crippen LogP) is 1.30. The van der Waals surface area contributed by atoms with Gasteiger partial charge in [0.25, 0.3) is 5.91 Å². The topological polar surface area (TPSA) is 102 Å². The number of rotatable bonds is 4. The van der Waals surface area contributed by atoms with Gasteiger partial charge in [0.2, 0.25) is 15.9 Å². The number of nitrogens with zero attached hydrogens (tertiary/aromatic N) is 1. The number of ether oxygens (including phenoxy) is 1. The van der Waals surface area contributed by atoms with Crippen LogP contribution in [0.2, 0.25) is 0 Å². The maximum atomic E-state index is 11.9. The molecule has 2 aromatic rings. The molecule has 120 valence electrons. The molecule has 1 amide bonds. The lowest BCUT2D eigenvalue weighted by atomic mass is 10.2. The van der Waals surface area contributed by atoms with Crippen molar-refractivity contribution in [2.24, 2.45) is 0 Å². The van der Waals surface area contributed by atoms with Crippen molar-refractivity contribution < 1.29 is 22.7 Å². The zero-order valence-corrected chi connectivity index (χ0v) is 13.3. The van der Waals surface area contributed by atoms with Gasteiger partial charge in [0.15, 0.2) is 0 Å². The molecule has 0 aliphatic rings. The van der Waals surface area contributed by atoms with Crippen LogP contribution in [0.3, 0.4) is 0 Å². The zero-order valence-electron chi connectivity index (χ0n) is 12.4. The van der Waals surface area contributed by atoms with Gasteiger partial charge < -0.3 is 4.74 Å². The van der Waals surface area contributed by atoms with Crippen molar-refractivity contribution in [3.8, 4) is 5.88 Å². The van der Waals surface area contributed by atoms with Crippen molar-refractivity contribution in [2.75, 3.05) is 6.26 Å². The number of aromatic nitrogens is 1. The van der Waals surface area contributed by atoms with Crippen LogP contribution in [-0.2, 0) is 10.0 Å². The Kier molecular flexibility index (Phi) is 4.75. The number of esters is 1. The lowest BCUT2D eigenvalue weighted by molar-refractivity contribution is 0.0727. The lowest BCUT2D eigenvalue weighted by Crippen LogP contribution is -2.30. The number of carbonyl (C=O) groups excluding carboxylic acids is 2. The highest BCUT2D eigenvalue weighted by molar-refractivity contribution is 7.89. The third-order valence-corrected chi connectivity index (χ3v) is 3.35. The second kappa shape index (κ2) is 6.57. The van der Waals surface area contributed by atoms with E-state index in [9.17, 15) is 18.0 Å². The van der Waals surface area contributed by atoms with Crippen molar-refractivity contribution in [1.29, 1.82) is 0 Å². The number of carbonyl (C=O) groups is 2. The molecule has 8 heteroatoms. The molecule has 0 saturated heterocycles. The summed E-state index contributed by atoms with van der Waals surface area (Å²) >= 11 is 0. The zero-order chi connectivity index (χ0) is 17.0. The first-order chi connectivity index (χ1) is 10.8. The fourth-order valence-electron chi connectivity index (χ4n) is 1.79. The number of aryl methyl sites for hydroxylation is 1. The van der Waals surface area contributed by atoms with Crippen LogP contribution < -0.4 is 9.46 Å². The quantitative estimate of drug-likeness (QED) is 0.846. The van der Waals surface area contributed by atoms with Gasteiger partial charge in [-0.2, -0.15) is 0 Å². The second-order valence-electron chi connectivity index (χ2n) is 4.74. The number of benzene rings is 1. The minimum Gasteiger partial charge on any atom is -0.404 e. The molecular weight excluding hydrogens is 320 g/mol. The van der Waals surface area contributed by atoms with Crippen LogP contribution in [0.15, 0.2) is 42.5 Å². The number of hydrogen-bond donors (Lipinski definition) is 1. The molecule has 7 nitrogen and oxygen atoms in total. The normalized spacial score (nSPS) is 10.9. The van der Waals surface area contributed by atoms with Gasteiger partial charge in [0.05, 0.1) is 23.1 Å². The largest absolute Gasteiger partial charge is 0.404 e. The van der Waals surface area contributed by atoms with Crippen molar-refractivity contribution >= 4 is 21.9 Å². The Bertz CT molecular complexity index is 847. The maximum absolute atomic E-state index is 11.9. The standard InChI is InChI=1S/C15H14N2O5S/c1-10-12(14(18)17-23(2,20)21)8-9-13(16-10)22-15(19)11-6-4-3-5-7-11/h3-9H,1-2H3,(H,17,18). The summed E-state index contributed by atoms with van der Waals surface area (Å²) in [7, 11) is -3.67. The molecule has 23 heavy (non-hydrogen) atoms. The molecule has 1 heterocycles. The van der Waals surface area contributed by atoms with Gasteiger partial charge in [-0.05, 0) is 25.1 Å². The van der Waals surface area contributed by atoms with E-state index in [1.807, 2.05) is 4.72 Å². The number of hydrogen-bond acceptors (Lipinski definition) is 6. The summed E-state index contributed by atoms with van der Waals surface area (Å²) in [5.41, 5.74) is 0.685. The molecule has 0 atom stereocenters. The molecule has 0 aliphatic heterocycles. The van der Waals surface area contributed by atoms with E-state index in [-0.39, 0.29) is 17.1 Å². The second-order valence-corrected chi connectivity index (χ2v) is 6.49. The Morgan fingerprint density at radius 2 is 1.74 bits per heavy atom. The molecule has 0 radical (unpaired) electrons. The first-order valence-electron chi connectivity index (χ1n) is 6.53. The minimum atomic E-state index is -3.67. The summed E-state index contributed by atoms with van der Waals surface area (Å²) in [5, 5.41) is 0. The number of nitrogens with one attached hydrogen (secondary N) is 1. The summed E-state index contributed by atoms with van der Waals surface area (Å²) in [4.78, 5) is 27.7. The molecule has 0 saturated carbocycles. The molecule has 1 N–H and O–H groups in total. The summed E-state index contributed by atoms with van der Waals surface area (Å²) in [6, 6.07) is 11.0. The molecule has 0 unspecified atom stereocenters. The fourth-order valence-corrected chi connectivity index (χ4v) is 2.23. The first kappa shape index (κ1) is 16.6. The minimum absolute atomic E-state index is 0.0206. The Morgan fingerprint density at radius 3 is 2.30 bits per heavy atom. The fraction of sp³-hybridized carbons (Fsp3) is 0.133. The first-order valence-corrected chi connectivity index (χ1v) is 8.42. The molecule has 0 fully saturated rings. The van der Waals surface area contributed by atoms with Gasteiger partial charge in [-0.3, -0.25) is 4.79 Å². The molecule has 2 rings (SSSR count). The Hall–Kier alpha value is -2.74. The van der Waals surface area contributed by atoms with E-state index in [2.05, 4.69) is 4.98 Å². The Morgan fingerprint density at radius 1 is 1.09 bits per heavy atom.